The number of hydrogen-bond acceptors (Lipinski definition) is 7. The summed E-state index contributed by atoms with van der Waals surface area (Å²) in [6, 6.07) is 2.01. The first kappa shape index (κ1) is 17.7. The van der Waals surface area contributed by atoms with Gasteiger partial charge in [0.1, 0.15) is 23.8 Å². The summed E-state index contributed by atoms with van der Waals surface area (Å²) in [5, 5.41) is 0. The Labute approximate surface area is 159 Å². The fourth-order valence-electron chi connectivity index (χ4n) is 3.52. The van der Waals surface area contributed by atoms with Crippen molar-refractivity contribution in [1.82, 2.24) is 29.3 Å². The summed E-state index contributed by atoms with van der Waals surface area (Å²) >= 11 is 0. The zero-order valence-electron chi connectivity index (χ0n) is 16.0. The maximum Gasteiger partial charge on any atom is 0.241 e. The third kappa shape index (κ3) is 3.87. The fourth-order valence-corrected chi connectivity index (χ4v) is 3.52. The lowest BCUT2D eigenvalue weighted by Crippen LogP contribution is -2.49. The van der Waals surface area contributed by atoms with Gasteiger partial charge in [-0.1, -0.05) is 0 Å². The van der Waals surface area contributed by atoms with Crippen molar-refractivity contribution in [2.45, 2.75) is 6.54 Å². The van der Waals surface area contributed by atoms with Gasteiger partial charge in [-0.05, 0) is 0 Å². The van der Waals surface area contributed by atoms with E-state index in [1.807, 2.05) is 37.5 Å². The summed E-state index contributed by atoms with van der Waals surface area (Å²) in [6.45, 7) is 6.56. The van der Waals surface area contributed by atoms with Crippen molar-refractivity contribution >= 4 is 17.5 Å². The van der Waals surface area contributed by atoms with Gasteiger partial charge in [-0.15, -0.1) is 0 Å². The Balaban J connectivity index is 1.37. The maximum atomic E-state index is 12.0. The summed E-state index contributed by atoms with van der Waals surface area (Å²) in [7, 11) is 3.87. The molecule has 9 heteroatoms. The zero-order chi connectivity index (χ0) is 18.8. The van der Waals surface area contributed by atoms with E-state index >= 15 is 0 Å². The average Bonchev–Trinajstić information content (AvgIpc) is 3.09. The molecular weight excluding hydrogens is 344 g/mol. The molecule has 0 bridgehead atoms. The van der Waals surface area contributed by atoms with Gasteiger partial charge in [-0.25, -0.2) is 15.0 Å². The Morgan fingerprint density at radius 3 is 2.30 bits per heavy atom. The minimum absolute atomic E-state index is 0.129. The highest BCUT2D eigenvalue weighted by Crippen LogP contribution is 2.20. The Hall–Kier alpha value is -2.68. The second-order valence-corrected chi connectivity index (χ2v) is 7.19. The molecule has 0 N–H and O–H groups in total. The molecule has 0 saturated carbocycles. The van der Waals surface area contributed by atoms with E-state index in [9.17, 15) is 4.79 Å². The number of anilines is 2. The molecule has 0 radical (unpaired) electrons. The van der Waals surface area contributed by atoms with Crippen LogP contribution in [0.2, 0.25) is 0 Å². The summed E-state index contributed by atoms with van der Waals surface area (Å²) in [5.74, 6) is 2.98. The van der Waals surface area contributed by atoms with Crippen LogP contribution in [0.15, 0.2) is 24.8 Å². The first-order valence-electron chi connectivity index (χ1n) is 9.34. The second-order valence-electron chi connectivity index (χ2n) is 7.19. The molecule has 144 valence electrons. The van der Waals surface area contributed by atoms with E-state index in [0.29, 0.717) is 6.54 Å². The topological polar surface area (TPSA) is 73.6 Å². The number of piperazine rings is 2. The molecule has 1 amide bonds. The van der Waals surface area contributed by atoms with E-state index in [4.69, 9.17) is 0 Å². The van der Waals surface area contributed by atoms with E-state index < -0.39 is 0 Å². The van der Waals surface area contributed by atoms with Crippen molar-refractivity contribution in [1.29, 1.82) is 0 Å². The van der Waals surface area contributed by atoms with Gasteiger partial charge in [0.2, 0.25) is 5.91 Å². The van der Waals surface area contributed by atoms with Crippen LogP contribution in [0.5, 0.6) is 0 Å². The van der Waals surface area contributed by atoms with Gasteiger partial charge in [-0.2, -0.15) is 0 Å². The van der Waals surface area contributed by atoms with Gasteiger partial charge in [0.25, 0.3) is 0 Å². The number of aromatic nitrogens is 4. The number of amides is 1. The van der Waals surface area contributed by atoms with Gasteiger partial charge in [-0.3, -0.25) is 9.69 Å². The minimum Gasteiger partial charge on any atom is -0.354 e. The van der Waals surface area contributed by atoms with Gasteiger partial charge in [0, 0.05) is 71.8 Å². The summed E-state index contributed by atoms with van der Waals surface area (Å²) in [5.41, 5.74) is 0. The largest absolute Gasteiger partial charge is 0.354 e. The molecule has 2 aliphatic rings. The number of carbonyl (C=O) groups excluding carboxylic acids is 1. The minimum atomic E-state index is 0.129. The van der Waals surface area contributed by atoms with E-state index in [1.54, 1.807) is 11.2 Å². The van der Waals surface area contributed by atoms with E-state index in [1.165, 1.54) is 0 Å². The molecule has 0 spiro atoms. The van der Waals surface area contributed by atoms with E-state index in [2.05, 4.69) is 29.3 Å². The van der Waals surface area contributed by atoms with Crippen molar-refractivity contribution in [3.63, 3.8) is 0 Å². The quantitative estimate of drug-likeness (QED) is 0.739. The lowest BCUT2D eigenvalue weighted by Gasteiger charge is -2.36. The lowest BCUT2D eigenvalue weighted by atomic mass is 10.3. The van der Waals surface area contributed by atoms with Gasteiger partial charge >= 0.3 is 0 Å². The summed E-state index contributed by atoms with van der Waals surface area (Å²) in [4.78, 5) is 33.7. The third-order valence-electron chi connectivity index (χ3n) is 5.40. The number of carbonyl (C=O) groups is 1. The van der Waals surface area contributed by atoms with Crippen LogP contribution in [-0.4, -0.2) is 88.1 Å². The highest BCUT2D eigenvalue weighted by Gasteiger charge is 2.24. The molecule has 0 aromatic carbocycles. The lowest BCUT2D eigenvalue weighted by molar-refractivity contribution is -0.129. The first-order chi connectivity index (χ1) is 13.1. The van der Waals surface area contributed by atoms with Crippen LogP contribution >= 0.6 is 0 Å². The highest BCUT2D eigenvalue weighted by atomic mass is 16.2. The van der Waals surface area contributed by atoms with Crippen LogP contribution in [0, 0.1) is 0 Å². The Morgan fingerprint density at radius 1 is 0.926 bits per heavy atom. The van der Waals surface area contributed by atoms with E-state index in [-0.39, 0.29) is 5.91 Å². The zero-order valence-corrected chi connectivity index (χ0v) is 16.0. The smallest absolute Gasteiger partial charge is 0.241 e. The van der Waals surface area contributed by atoms with Crippen molar-refractivity contribution in [3.8, 4) is 0 Å². The Morgan fingerprint density at radius 2 is 1.63 bits per heavy atom. The van der Waals surface area contributed by atoms with Gasteiger partial charge in [0.05, 0.1) is 13.1 Å². The molecule has 0 aliphatic carbocycles. The third-order valence-corrected chi connectivity index (χ3v) is 5.40. The van der Waals surface area contributed by atoms with Gasteiger partial charge in [0.15, 0.2) is 0 Å². The number of imidazole rings is 1. The second kappa shape index (κ2) is 7.51. The van der Waals surface area contributed by atoms with Crippen LogP contribution in [0.3, 0.4) is 0 Å². The van der Waals surface area contributed by atoms with Crippen molar-refractivity contribution in [2.75, 3.05) is 62.7 Å². The van der Waals surface area contributed by atoms with Crippen LogP contribution in [-0.2, 0) is 18.4 Å². The number of hydrogen-bond donors (Lipinski definition) is 0. The fraction of sp³-hybridized carbons (Fsp3) is 0.556. The molecule has 4 heterocycles. The number of nitrogens with zero attached hydrogens (tertiary/aromatic N) is 8. The van der Waals surface area contributed by atoms with Crippen LogP contribution in [0.1, 0.15) is 5.82 Å². The van der Waals surface area contributed by atoms with Crippen LogP contribution in [0.4, 0.5) is 11.6 Å². The molecule has 2 fully saturated rings. The highest BCUT2D eigenvalue weighted by molar-refractivity contribution is 5.82. The summed E-state index contributed by atoms with van der Waals surface area (Å²) in [6.07, 6.45) is 5.43. The maximum absolute atomic E-state index is 12.0. The molecular formula is C18H26N8O. The number of aryl methyl sites for hydroxylation is 1. The molecule has 0 atom stereocenters. The standard InChI is InChI=1S/C18H26N8O/c1-22-4-3-19-17(22)12-24-6-9-25(10-7-24)15-11-16(21-14-20-15)26-8-5-23(2)18(27)13-26/h3-4,11,14H,5-10,12-13H2,1-2H3. The monoisotopic (exact) mass is 370 g/mol. The normalized spacial score (nSPS) is 19.0. The molecule has 9 nitrogen and oxygen atoms in total. The molecule has 2 aliphatic heterocycles. The van der Waals surface area contributed by atoms with Gasteiger partial charge < -0.3 is 19.3 Å². The van der Waals surface area contributed by atoms with Crippen molar-refractivity contribution in [2.24, 2.45) is 7.05 Å². The van der Waals surface area contributed by atoms with Crippen LogP contribution < -0.4 is 9.80 Å². The number of likely N-dealkylation sites (N-methyl/N-ethyl adjacent to an activating group) is 1. The first-order valence-corrected chi connectivity index (χ1v) is 9.34. The van der Waals surface area contributed by atoms with Crippen molar-refractivity contribution in [3.05, 3.63) is 30.6 Å². The average molecular weight is 370 g/mol. The SMILES string of the molecule is CN1CCN(c2cc(N3CCN(Cc4nccn4C)CC3)ncn2)CC1=O. The predicted octanol–water partition coefficient (Wildman–Crippen LogP) is -0.189. The van der Waals surface area contributed by atoms with Crippen molar-refractivity contribution < 1.29 is 4.79 Å². The molecule has 4 rings (SSSR count). The number of rotatable bonds is 4. The molecule has 2 aromatic heterocycles. The Kier molecular flexibility index (Phi) is 4.93. The van der Waals surface area contributed by atoms with Crippen LogP contribution in [0.25, 0.3) is 0 Å². The predicted molar refractivity (Wildman–Crippen MR) is 103 cm³/mol. The molecule has 27 heavy (non-hydrogen) atoms. The summed E-state index contributed by atoms with van der Waals surface area (Å²) < 4.78 is 2.07. The molecule has 0 unspecified atom stereocenters. The van der Waals surface area contributed by atoms with E-state index in [0.717, 1.165) is 63.3 Å². The Bertz CT molecular complexity index is 798. The molecule has 2 aromatic rings. The molecule has 2 saturated heterocycles.